The van der Waals surface area contributed by atoms with E-state index >= 15 is 4.39 Å². The maximum absolute atomic E-state index is 16.9. The lowest BCUT2D eigenvalue weighted by atomic mass is 9.38. The third kappa shape index (κ3) is 5.82. The van der Waals surface area contributed by atoms with Gasteiger partial charge < -0.3 is 10.2 Å². The van der Waals surface area contributed by atoms with Crippen molar-refractivity contribution >= 4 is 88.1 Å². The molecular formula is C20H31B9ClF2N3O. The van der Waals surface area contributed by atoms with E-state index in [2.05, 4.69) is 39.9 Å². The number of halogens is 3. The molecule has 0 spiro atoms. The third-order valence-electron chi connectivity index (χ3n) is 7.53. The standard InChI is InChI=1S/C20H31B9ClF2N3O/c21-17(22)8-16(32,20(28,29)34-7-12-3-2-11(6-33-12)19(25,26)27)9-18(23,24)35(17)15(36)10-1-4-14(31)13(30)5-10/h1-6,34H,7-9,21-29H2. The number of alkyl halides is 1. The van der Waals surface area contributed by atoms with Gasteiger partial charge in [-0.15, -0.1) is 0 Å². The molecule has 0 atom stereocenters. The van der Waals surface area contributed by atoms with E-state index in [0.717, 1.165) is 11.3 Å². The Bertz CT molecular complexity index is 1130. The quantitative estimate of drug-likeness (QED) is 0.403. The predicted octanol–water partition coefficient (Wildman–Crippen LogP) is -5.62. The molecule has 0 bridgehead atoms. The molecule has 1 aliphatic heterocycles. The van der Waals surface area contributed by atoms with Crippen molar-refractivity contribution in [3.63, 3.8) is 0 Å². The third-order valence-corrected chi connectivity index (χ3v) is 7.82. The number of hydrogen-bond acceptors (Lipinski definition) is 3. The summed E-state index contributed by atoms with van der Waals surface area (Å²) < 4.78 is 30.6. The fourth-order valence-corrected chi connectivity index (χ4v) is 5.78. The van der Waals surface area contributed by atoms with Crippen LogP contribution in [0.15, 0.2) is 36.5 Å². The molecule has 1 aromatic carbocycles. The Morgan fingerprint density at radius 3 is 2.11 bits per heavy atom. The summed E-state index contributed by atoms with van der Waals surface area (Å²) in [5, 5.41) is 0.817. The molecule has 1 amide bonds. The predicted molar refractivity (Wildman–Crippen MR) is 168 cm³/mol. The molecule has 0 radical (unpaired) electrons. The van der Waals surface area contributed by atoms with Gasteiger partial charge in [0.25, 0.3) is 5.91 Å². The number of amides is 1. The Balaban J connectivity index is 1.82. The van der Waals surface area contributed by atoms with E-state index in [9.17, 15) is 9.18 Å². The number of benzene rings is 1. The number of carbonyl (C=O) groups excluding carboxylic acids is 1. The van der Waals surface area contributed by atoms with Crippen molar-refractivity contribution < 1.29 is 13.6 Å². The molecule has 4 nitrogen and oxygen atoms in total. The van der Waals surface area contributed by atoms with Crippen LogP contribution in [-0.2, 0) is 11.7 Å². The summed E-state index contributed by atoms with van der Waals surface area (Å²) in [6, 6.07) is 8.01. The Kier molecular flexibility index (Phi) is 7.83. The number of nitrogens with one attached hydrogen (secondary N) is 1. The average molecular weight is 500 g/mol. The van der Waals surface area contributed by atoms with Crippen LogP contribution < -0.4 is 5.32 Å². The summed E-state index contributed by atoms with van der Waals surface area (Å²) in [6.45, 7) is 0.431. The van der Waals surface area contributed by atoms with Crippen LogP contribution in [0.3, 0.4) is 0 Å². The molecule has 1 aromatic heterocycles. The number of rotatable bonds is 6. The Morgan fingerprint density at radius 2 is 1.64 bits per heavy atom. The highest BCUT2D eigenvalue weighted by atomic mass is 35.5. The van der Waals surface area contributed by atoms with E-state index in [1.807, 2.05) is 59.3 Å². The Hall–Kier alpha value is -1.47. The maximum atomic E-state index is 16.9. The summed E-state index contributed by atoms with van der Waals surface area (Å²) in [4.78, 5) is 19.9. The molecule has 2 aromatic rings. The zero-order chi connectivity index (χ0) is 27.3. The van der Waals surface area contributed by atoms with Crippen LogP contribution in [0.2, 0.25) is 5.02 Å². The van der Waals surface area contributed by atoms with Crippen molar-refractivity contribution in [1.82, 2.24) is 15.2 Å². The van der Waals surface area contributed by atoms with Crippen molar-refractivity contribution in [2.75, 3.05) is 0 Å². The van der Waals surface area contributed by atoms with Gasteiger partial charge in [-0.05, 0) is 58.7 Å². The number of aromatic nitrogens is 1. The molecule has 1 fully saturated rings. The molecule has 2 heterocycles. The molecule has 180 valence electrons. The topological polar surface area (TPSA) is 45.2 Å². The van der Waals surface area contributed by atoms with Gasteiger partial charge in [0.05, 0.1) is 34.3 Å². The van der Waals surface area contributed by atoms with E-state index in [1.54, 1.807) is 4.90 Å². The van der Waals surface area contributed by atoms with Crippen LogP contribution in [0.4, 0.5) is 8.78 Å². The summed E-state index contributed by atoms with van der Waals surface area (Å²) in [5.74, 6) is -0.869. The van der Waals surface area contributed by atoms with Crippen LogP contribution in [0, 0.1) is 5.82 Å². The zero-order valence-electron chi connectivity index (χ0n) is 23.0. The monoisotopic (exact) mass is 501 g/mol. The van der Waals surface area contributed by atoms with E-state index in [0.29, 0.717) is 6.54 Å². The molecule has 0 unspecified atom stereocenters. The lowest BCUT2D eigenvalue weighted by Gasteiger charge is -2.61. The zero-order valence-corrected chi connectivity index (χ0v) is 23.8. The molecule has 0 aliphatic carbocycles. The minimum Gasteiger partial charge on any atom is -0.359 e. The largest absolute Gasteiger partial charge is 0.359 e. The van der Waals surface area contributed by atoms with E-state index in [4.69, 9.17) is 11.6 Å². The minimum atomic E-state index is -1.61. The average Bonchev–Trinajstić information content (AvgIpc) is 2.71. The van der Waals surface area contributed by atoms with Gasteiger partial charge in [-0.2, -0.15) is 0 Å². The van der Waals surface area contributed by atoms with Crippen LogP contribution in [0.25, 0.3) is 0 Å². The second-order valence-corrected chi connectivity index (χ2v) is 13.4. The van der Waals surface area contributed by atoms with E-state index < -0.39 is 27.5 Å². The van der Waals surface area contributed by atoms with Crippen molar-refractivity contribution in [2.24, 2.45) is 0 Å². The van der Waals surface area contributed by atoms with Crippen molar-refractivity contribution in [3.05, 3.63) is 64.2 Å². The van der Waals surface area contributed by atoms with Crippen molar-refractivity contribution in [2.45, 2.75) is 46.2 Å². The number of likely N-dealkylation sites (tertiary alicyclic amines) is 1. The number of pyridine rings is 1. The molecular weight excluding hydrogens is 469 g/mol. The minimum absolute atomic E-state index is 0.0169. The van der Waals surface area contributed by atoms with Gasteiger partial charge in [0.15, 0.2) is 0 Å². The molecule has 1 aliphatic rings. The first kappa shape index (κ1) is 29.1. The van der Waals surface area contributed by atoms with Gasteiger partial charge in [-0.25, -0.2) is 8.78 Å². The summed E-state index contributed by atoms with van der Waals surface area (Å²) in [7, 11) is 17.7. The van der Waals surface area contributed by atoms with E-state index in [-0.39, 0.29) is 34.4 Å². The fraction of sp³-hybridized carbons (Fsp3) is 0.400. The molecule has 1 N–H and O–H groups in total. The van der Waals surface area contributed by atoms with Gasteiger partial charge in [0.2, 0.25) is 0 Å². The van der Waals surface area contributed by atoms with Gasteiger partial charge in [0.1, 0.15) is 58.6 Å². The Labute approximate surface area is 226 Å². The first-order chi connectivity index (χ1) is 16.3. The number of nitrogens with zero attached hydrogens (tertiary/aromatic N) is 2. The van der Waals surface area contributed by atoms with Gasteiger partial charge in [-0.3, -0.25) is 9.78 Å². The highest BCUT2D eigenvalue weighted by Gasteiger charge is 2.58. The molecule has 36 heavy (non-hydrogen) atoms. The SMILES string of the molecule is BC(B)(B)c1ccc(CNC(B)(B)C2(F)CC(B)(B)N(C(=O)c3ccc(F)c(Cl)c3)C(B)(B)C2)nc1. The molecule has 1 saturated heterocycles. The first-order valence-corrected chi connectivity index (χ1v) is 12.9. The van der Waals surface area contributed by atoms with Gasteiger partial charge in [0, 0.05) is 18.3 Å². The van der Waals surface area contributed by atoms with E-state index in [1.165, 1.54) is 18.2 Å². The summed E-state index contributed by atoms with van der Waals surface area (Å²) in [6.07, 6.45) is 2.16. The lowest BCUT2D eigenvalue weighted by molar-refractivity contribution is -0.0100. The van der Waals surface area contributed by atoms with Crippen LogP contribution >= 0.6 is 11.6 Å². The molecule has 3 rings (SSSR count). The highest BCUT2D eigenvalue weighted by Crippen LogP contribution is 2.45. The Morgan fingerprint density at radius 1 is 1.06 bits per heavy atom. The maximum Gasteiger partial charge on any atom is 0.252 e. The highest BCUT2D eigenvalue weighted by molar-refractivity contribution is 6.58. The second-order valence-electron chi connectivity index (χ2n) is 13.0. The van der Waals surface area contributed by atoms with Gasteiger partial charge in [-0.1, -0.05) is 22.8 Å². The number of piperidine rings is 1. The normalized spacial score (nSPS) is 19.0. The molecule has 0 saturated carbocycles. The summed E-state index contributed by atoms with van der Waals surface area (Å²) >= 11 is 5.94. The van der Waals surface area contributed by atoms with Crippen molar-refractivity contribution in [1.29, 1.82) is 0 Å². The second kappa shape index (κ2) is 9.69. The van der Waals surface area contributed by atoms with Crippen molar-refractivity contribution in [3.8, 4) is 0 Å². The first-order valence-electron chi connectivity index (χ1n) is 12.5. The summed E-state index contributed by atoms with van der Waals surface area (Å²) in [5.41, 5.74) is 0.674. The molecule has 16 heteroatoms. The number of hydrogen-bond donors (Lipinski definition) is 1. The lowest BCUT2D eigenvalue weighted by Crippen LogP contribution is -2.77. The fourth-order valence-electron chi connectivity index (χ4n) is 5.60. The van der Waals surface area contributed by atoms with Crippen LogP contribution in [0.5, 0.6) is 0 Å². The van der Waals surface area contributed by atoms with Crippen LogP contribution in [0.1, 0.15) is 34.5 Å². The smallest absolute Gasteiger partial charge is 0.252 e. The number of carbonyl (C=O) groups is 1. The van der Waals surface area contributed by atoms with Crippen LogP contribution in [-0.4, -0.2) is 108 Å². The van der Waals surface area contributed by atoms with Gasteiger partial charge >= 0.3 is 0 Å².